The van der Waals surface area contributed by atoms with E-state index in [2.05, 4.69) is 0 Å². The summed E-state index contributed by atoms with van der Waals surface area (Å²) in [5.74, 6) is -0.940. The fourth-order valence-corrected chi connectivity index (χ4v) is 0.625. The van der Waals surface area contributed by atoms with E-state index in [1.54, 1.807) is 13.8 Å². The predicted molar refractivity (Wildman–Crippen MR) is 37.7 cm³/mol. The van der Waals surface area contributed by atoms with Crippen molar-refractivity contribution in [1.82, 2.24) is 0 Å². The molecule has 0 fully saturated rings. The average Bonchev–Trinajstić information content (AvgIpc) is 1.85. The molecule has 0 amide bonds. The summed E-state index contributed by atoms with van der Waals surface area (Å²) in [6.07, 6.45) is -0.352. The van der Waals surface area contributed by atoms with Crippen molar-refractivity contribution in [2.75, 3.05) is 0 Å². The van der Waals surface area contributed by atoms with Crippen molar-refractivity contribution in [3.8, 4) is 0 Å². The van der Waals surface area contributed by atoms with Crippen LogP contribution in [-0.2, 0) is 4.79 Å². The van der Waals surface area contributed by atoms with Gasteiger partial charge >= 0.3 is 5.97 Å². The number of aliphatic hydroxyl groups is 1. The molecule has 0 bridgehead atoms. The van der Waals surface area contributed by atoms with Crippen LogP contribution in [0, 0.1) is 5.41 Å². The van der Waals surface area contributed by atoms with Crippen LogP contribution < -0.4 is 0 Å². The van der Waals surface area contributed by atoms with Gasteiger partial charge in [0.05, 0.1) is 11.5 Å². The number of carboxylic acids is 1. The van der Waals surface area contributed by atoms with Gasteiger partial charge in [0.1, 0.15) is 0 Å². The van der Waals surface area contributed by atoms with Gasteiger partial charge in [-0.1, -0.05) is 6.92 Å². The molecule has 0 saturated carbocycles. The highest BCUT2D eigenvalue weighted by Gasteiger charge is 2.35. The molecule has 0 aliphatic heterocycles. The molecule has 0 spiro atoms. The molecule has 0 aliphatic rings. The van der Waals surface area contributed by atoms with Gasteiger partial charge in [0, 0.05) is 0 Å². The summed E-state index contributed by atoms with van der Waals surface area (Å²) < 4.78 is 0. The van der Waals surface area contributed by atoms with Crippen LogP contribution in [0.1, 0.15) is 27.2 Å². The molecule has 0 radical (unpaired) electrons. The lowest BCUT2D eigenvalue weighted by molar-refractivity contribution is -0.154. The first-order valence-electron chi connectivity index (χ1n) is 3.36. The number of aliphatic carboxylic acids is 1. The minimum absolute atomic E-state index is 0.444. The van der Waals surface area contributed by atoms with Crippen LogP contribution in [0.2, 0.25) is 0 Å². The van der Waals surface area contributed by atoms with Crippen LogP contribution in [-0.4, -0.2) is 22.3 Å². The Kier molecular flexibility index (Phi) is 2.84. The van der Waals surface area contributed by atoms with E-state index >= 15 is 0 Å². The van der Waals surface area contributed by atoms with Gasteiger partial charge in [-0.3, -0.25) is 4.79 Å². The Labute approximate surface area is 60.7 Å². The number of carbonyl (C=O) groups is 1. The largest absolute Gasteiger partial charge is 0.481 e. The van der Waals surface area contributed by atoms with Crippen molar-refractivity contribution in [3.05, 3.63) is 0 Å². The maximum absolute atomic E-state index is 10.5. The molecule has 3 heteroatoms. The van der Waals surface area contributed by atoms with Gasteiger partial charge < -0.3 is 10.2 Å². The lowest BCUT2D eigenvalue weighted by atomic mass is 9.83. The van der Waals surface area contributed by atoms with Crippen molar-refractivity contribution in [1.29, 1.82) is 0 Å². The fraction of sp³-hybridized carbons (Fsp3) is 0.857. The fourth-order valence-electron chi connectivity index (χ4n) is 0.625. The standard InChI is InChI=1S/C7H14O3/c1-4-7(3,5(2)8)6(9)10/h5,8H,4H2,1-3H3,(H,9,10). The minimum atomic E-state index is -0.986. The first-order chi connectivity index (χ1) is 4.45. The number of carboxylic acid groups (broad SMARTS) is 1. The third-order valence-corrected chi connectivity index (χ3v) is 2.15. The van der Waals surface area contributed by atoms with Gasteiger partial charge in [0.2, 0.25) is 0 Å². The van der Waals surface area contributed by atoms with Gasteiger partial charge in [-0.05, 0) is 20.3 Å². The van der Waals surface area contributed by atoms with E-state index in [1.165, 1.54) is 6.92 Å². The number of hydrogen-bond acceptors (Lipinski definition) is 2. The molecule has 10 heavy (non-hydrogen) atoms. The zero-order chi connectivity index (χ0) is 8.36. The number of hydrogen-bond donors (Lipinski definition) is 2. The second-order valence-electron chi connectivity index (χ2n) is 2.75. The summed E-state index contributed by atoms with van der Waals surface area (Å²) in [5, 5.41) is 17.7. The van der Waals surface area contributed by atoms with Crippen molar-refractivity contribution in [3.63, 3.8) is 0 Å². The molecule has 2 unspecified atom stereocenters. The van der Waals surface area contributed by atoms with E-state index in [-0.39, 0.29) is 0 Å². The highest BCUT2D eigenvalue weighted by atomic mass is 16.4. The Hall–Kier alpha value is -0.570. The molecule has 0 aromatic carbocycles. The number of rotatable bonds is 3. The lowest BCUT2D eigenvalue weighted by Gasteiger charge is -2.25. The van der Waals surface area contributed by atoms with E-state index in [0.717, 1.165) is 0 Å². The third-order valence-electron chi connectivity index (χ3n) is 2.15. The molecule has 0 aliphatic carbocycles. The molecule has 60 valence electrons. The molecule has 0 aromatic heterocycles. The summed E-state index contributed by atoms with van der Waals surface area (Å²) in [5.41, 5.74) is -0.986. The zero-order valence-electron chi connectivity index (χ0n) is 6.59. The molecule has 0 saturated heterocycles. The predicted octanol–water partition coefficient (Wildman–Crippen LogP) is 0.868. The molecular formula is C7H14O3. The van der Waals surface area contributed by atoms with E-state index in [9.17, 15) is 4.79 Å². The molecular weight excluding hydrogens is 132 g/mol. The summed E-state index contributed by atoms with van der Waals surface area (Å²) in [6, 6.07) is 0. The smallest absolute Gasteiger partial charge is 0.311 e. The molecule has 0 rings (SSSR count). The van der Waals surface area contributed by atoms with Crippen molar-refractivity contribution in [2.45, 2.75) is 33.3 Å². The van der Waals surface area contributed by atoms with E-state index in [0.29, 0.717) is 6.42 Å². The first kappa shape index (κ1) is 9.43. The van der Waals surface area contributed by atoms with Crippen molar-refractivity contribution < 1.29 is 15.0 Å². The second kappa shape index (κ2) is 3.01. The minimum Gasteiger partial charge on any atom is -0.481 e. The van der Waals surface area contributed by atoms with Gasteiger partial charge in [-0.15, -0.1) is 0 Å². The van der Waals surface area contributed by atoms with Crippen LogP contribution in [0.5, 0.6) is 0 Å². The molecule has 0 aromatic rings. The summed E-state index contributed by atoms with van der Waals surface area (Å²) in [4.78, 5) is 10.5. The molecule has 0 heterocycles. The second-order valence-corrected chi connectivity index (χ2v) is 2.75. The monoisotopic (exact) mass is 146 g/mol. The topological polar surface area (TPSA) is 57.5 Å². The van der Waals surface area contributed by atoms with E-state index in [4.69, 9.17) is 10.2 Å². The normalized spacial score (nSPS) is 19.6. The third kappa shape index (κ3) is 1.48. The maximum atomic E-state index is 10.5. The van der Waals surface area contributed by atoms with Crippen LogP contribution in [0.3, 0.4) is 0 Å². The summed E-state index contributed by atoms with van der Waals surface area (Å²) in [6.45, 7) is 4.79. The lowest BCUT2D eigenvalue weighted by Crippen LogP contribution is -2.37. The summed E-state index contributed by atoms with van der Waals surface area (Å²) in [7, 11) is 0. The Morgan fingerprint density at radius 1 is 1.70 bits per heavy atom. The Morgan fingerprint density at radius 3 is 2.10 bits per heavy atom. The quantitative estimate of drug-likeness (QED) is 0.621. The SMILES string of the molecule is CCC(C)(C(=O)O)C(C)O. The Morgan fingerprint density at radius 2 is 2.10 bits per heavy atom. The summed E-state index contributed by atoms with van der Waals surface area (Å²) >= 11 is 0. The van der Waals surface area contributed by atoms with Crippen LogP contribution >= 0.6 is 0 Å². The molecule has 2 N–H and O–H groups in total. The van der Waals surface area contributed by atoms with Crippen molar-refractivity contribution in [2.24, 2.45) is 5.41 Å². The molecule has 3 nitrogen and oxygen atoms in total. The number of aliphatic hydroxyl groups excluding tert-OH is 1. The Bertz CT molecular complexity index is 131. The zero-order valence-corrected chi connectivity index (χ0v) is 6.59. The van der Waals surface area contributed by atoms with E-state index < -0.39 is 17.5 Å². The highest BCUT2D eigenvalue weighted by Crippen LogP contribution is 2.25. The van der Waals surface area contributed by atoms with Crippen molar-refractivity contribution >= 4 is 5.97 Å². The van der Waals surface area contributed by atoms with E-state index in [1.807, 2.05) is 0 Å². The van der Waals surface area contributed by atoms with Gasteiger partial charge in [-0.25, -0.2) is 0 Å². The first-order valence-corrected chi connectivity index (χ1v) is 3.36. The van der Waals surface area contributed by atoms with Crippen LogP contribution in [0.15, 0.2) is 0 Å². The van der Waals surface area contributed by atoms with Gasteiger partial charge in [0.25, 0.3) is 0 Å². The molecule has 2 atom stereocenters. The Balaban J connectivity index is 4.38. The highest BCUT2D eigenvalue weighted by molar-refractivity contribution is 5.74. The van der Waals surface area contributed by atoms with Crippen LogP contribution in [0.4, 0.5) is 0 Å². The van der Waals surface area contributed by atoms with Crippen LogP contribution in [0.25, 0.3) is 0 Å². The van der Waals surface area contributed by atoms with Gasteiger partial charge in [0.15, 0.2) is 0 Å². The maximum Gasteiger partial charge on any atom is 0.311 e. The average molecular weight is 146 g/mol. The van der Waals surface area contributed by atoms with Gasteiger partial charge in [-0.2, -0.15) is 0 Å².